The van der Waals surface area contributed by atoms with E-state index in [1.807, 2.05) is 23.9 Å². The van der Waals surface area contributed by atoms with Gasteiger partial charge < -0.3 is 10.2 Å². The molecule has 12 heavy (non-hydrogen) atoms. The third kappa shape index (κ3) is 1.42. The zero-order valence-electron chi connectivity index (χ0n) is 6.75. The Morgan fingerprint density at radius 2 is 2.33 bits per heavy atom. The van der Waals surface area contributed by atoms with E-state index in [2.05, 4.69) is 6.07 Å². The van der Waals surface area contributed by atoms with E-state index < -0.39 is 0 Å². The van der Waals surface area contributed by atoms with Crippen LogP contribution in [0.4, 0.5) is 0 Å². The van der Waals surface area contributed by atoms with E-state index >= 15 is 0 Å². The lowest BCUT2D eigenvalue weighted by atomic mass is 10.2. The van der Waals surface area contributed by atoms with Crippen LogP contribution >= 0.6 is 11.8 Å². The highest BCUT2D eigenvalue weighted by molar-refractivity contribution is 7.98. The summed E-state index contributed by atoms with van der Waals surface area (Å²) in [6, 6.07) is 6.11. The van der Waals surface area contributed by atoms with Gasteiger partial charge in [-0.05, 0) is 18.2 Å². The van der Waals surface area contributed by atoms with Gasteiger partial charge in [0.05, 0.1) is 0 Å². The fourth-order valence-electron chi connectivity index (χ4n) is 1.22. The molecule has 64 valence electrons. The first-order chi connectivity index (χ1) is 5.90. The summed E-state index contributed by atoms with van der Waals surface area (Å²) in [5, 5.41) is 0. The second-order valence-corrected chi connectivity index (χ2v) is 3.82. The molecule has 2 rings (SSSR count). The summed E-state index contributed by atoms with van der Waals surface area (Å²) in [4.78, 5) is 0. The van der Waals surface area contributed by atoms with Crippen molar-refractivity contribution in [2.45, 2.75) is 5.75 Å². The number of rotatable bonds is 4. The Balaban J connectivity index is 1.99. The SMILES string of the molecule is NCCSCc1cc2ccc1o2. The largest absolute Gasteiger partial charge is 0.457 e. The molecule has 2 bridgehead atoms. The van der Waals surface area contributed by atoms with Crippen molar-refractivity contribution >= 4 is 22.9 Å². The third-order valence-electron chi connectivity index (χ3n) is 1.78. The molecule has 2 aromatic heterocycles. The molecule has 0 aliphatic carbocycles. The molecule has 0 atom stereocenters. The number of benzene rings is 1. The van der Waals surface area contributed by atoms with Crippen LogP contribution in [0.3, 0.4) is 0 Å². The van der Waals surface area contributed by atoms with Crippen LogP contribution in [-0.2, 0) is 5.75 Å². The van der Waals surface area contributed by atoms with Gasteiger partial charge in [-0.2, -0.15) is 11.8 Å². The van der Waals surface area contributed by atoms with Crippen LogP contribution in [0.5, 0.6) is 0 Å². The van der Waals surface area contributed by atoms with E-state index in [1.54, 1.807) is 0 Å². The molecule has 0 radical (unpaired) electrons. The van der Waals surface area contributed by atoms with Crippen LogP contribution < -0.4 is 5.73 Å². The van der Waals surface area contributed by atoms with Crippen LogP contribution in [0.15, 0.2) is 22.6 Å². The molecule has 0 amide bonds. The van der Waals surface area contributed by atoms with Gasteiger partial charge in [0.15, 0.2) is 0 Å². The van der Waals surface area contributed by atoms with Crippen molar-refractivity contribution in [2.24, 2.45) is 5.73 Å². The van der Waals surface area contributed by atoms with Crippen molar-refractivity contribution < 1.29 is 4.42 Å². The average molecular weight is 181 g/mol. The number of fused-ring (bicyclic) bond motifs is 2. The Kier molecular flexibility index (Phi) is 2.23. The van der Waals surface area contributed by atoms with Crippen molar-refractivity contribution in [3.8, 4) is 0 Å². The second-order valence-electron chi connectivity index (χ2n) is 2.71. The van der Waals surface area contributed by atoms with Gasteiger partial charge in [-0.3, -0.25) is 0 Å². The minimum absolute atomic E-state index is 0.751. The third-order valence-corrected chi connectivity index (χ3v) is 2.82. The van der Waals surface area contributed by atoms with Gasteiger partial charge in [0.1, 0.15) is 11.2 Å². The van der Waals surface area contributed by atoms with Crippen LogP contribution in [0, 0.1) is 0 Å². The van der Waals surface area contributed by atoms with Crippen molar-refractivity contribution in [1.29, 1.82) is 0 Å². The van der Waals surface area contributed by atoms with Gasteiger partial charge in [0, 0.05) is 23.6 Å². The van der Waals surface area contributed by atoms with Crippen molar-refractivity contribution in [2.75, 3.05) is 12.3 Å². The summed E-state index contributed by atoms with van der Waals surface area (Å²) in [6.45, 7) is 0.751. The minimum Gasteiger partial charge on any atom is -0.457 e. The van der Waals surface area contributed by atoms with Gasteiger partial charge in [0.2, 0.25) is 0 Å². The normalized spacial score (nSPS) is 11.4. The summed E-state index contributed by atoms with van der Waals surface area (Å²) >= 11 is 1.85. The second kappa shape index (κ2) is 3.37. The molecule has 0 aromatic carbocycles. The van der Waals surface area contributed by atoms with Gasteiger partial charge >= 0.3 is 0 Å². The smallest absolute Gasteiger partial charge is 0.131 e. The molecule has 0 saturated heterocycles. The lowest BCUT2D eigenvalue weighted by molar-refractivity contribution is 0.673. The fourth-order valence-corrected chi connectivity index (χ4v) is 1.98. The molecule has 0 saturated carbocycles. The lowest BCUT2D eigenvalue weighted by Gasteiger charge is -1.96. The zero-order valence-corrected chi connectivity index (χ0v) is 7.56. The van der Waals surface area contributed by atoms with Crippen molar-refractivity contribution in [1.82, 2.24) is 0 Å². The molecule has 2 heterocycles. The van der Waals surface area contributed by atoms with Crippen LogP contribution in [0.1, 0.15) is 5.56 Å². The summed E-state index contributed by atoms with van der Waals surface area (Å²) in [5.41, 5.74) is 8.69. The highest BCUT2D eigenvalue weighted by Gasteiger charge is 2.05. The maximum absolute atomic E-state index is 5.40. The van der Waals surface area contributed by atoms with Gasteiger partial charge in [-0.25, -0.2) is 0 Å². The summed E-state index contributed by atoms with van der Waals surface area (Å²) in [6.07, 6.45) is 0. The highest BCUT2D eigenvalue weighted by atomic mass is 32.2. The molecule has 3 heteroatoms. The number of furan rings is 2. The first-order valence-corrected chi connectivity index (χ1v) is 5.14. The molecule has 2 N–H and O–H groups in total. The van der Waals surface area contributed by atoms with E-state index in [4.69, 9.17) is 10.2 Å². The molecular formula is C9H11NOS. The van der Waals surface area contributed by atoms with Crippen LogP contribution in [0.2, 0.25) is 0 Å². The molecule has 2 aromatic rings. The Hall–Kier alpha value is -0.670. The zero-order chi connectivity index (χ0) is 8.39. The number of hydrogen-bond acceptors (Lipinski definition) is 3. The minimum atomic E-state index is 0.751. The van der Waals surface area contributed by atoms with Gasteiger partial charge in [-0.1, -0.05) is 0 Å². The fraction of sp³-hybridized carbons (Fsp3) is 0.333. The summed E-state index contributed by atoms with van der Waals surface area (Å²) in [7, 11) is 0. The monoisotopic (exact) mass is 181 g/mol. The molecular weight excluding hydrogens is 170 g/mol. The molecule has 0 unspecified atom stereocenters. The van der Waals surface area contributed by atoms with E-state index in [0.717, 1.165) is 29.2 Å². The summed E-state index contributed by atoms with van der Waals surface area (Å²) in [5.74, 6) is 2.03. The number of hydrogen-bond donors (Lipinski definition) is 1. The van der Waals surface area contributed by atoms with Gasteiger partial charge in [0.25, 0.3) is 0 Å². The Bertz CT molecular complexity index is 344. The van der Waals surface area contributed by atoms with E-state index in [1.165, 1.54) is 5.56 Å². The number of thioether (sulfide) groups is 1. The van der Waals surface area contributed by atoms with E-state index in [9.17, 15) is 0 Å². The quantitative estimate of drug-likeness (QED) is 0.734. The Morgan fingerprint density at radius 3 is 2.92 bits per heavy atom. The average Bonchev–Trinajstić information content (AvgIpc) is 2.65. The Morgan fingerprint density at radius 1 is 1.42 bits per heavy atom. The first-order valence-electron chi connectivity index (χ1n) is 3.99. The predicted octanol–water partition coefficient (Wildman–Crippen LogP) is 2.06. The molecule has 0 fully saturated rings. The van der Waals surface area contributed by atoms with Crippen LogP contribution in [0.25, 0.3) is 11.2 Å². The molecule has 0 aliphatic heterocycles. The Labute approximate surface area is 75.4 Å². The maximum atomic E-state index is 5.40. The highest BCUT2D eigenvalue weighted by Crippen LogP contribution is 2.25. The molecule has 2 nitrogen and oxygen atoms in total. The van der Waals surface area contributed by atoms with Crippen molar-refractivity contribution in [3.63, 3.8) is 0 Å². The maximum Gasteiger partial charge on any atom is 0.131 e. The van der Waals surface area contributed by atoms with Crippen LogP contribution in [-0.4, -0.2) is 12.3 Å². The summed E-state index contributed by atoms with van der Waals surface area (Å²) < 4.78 is 5.40. The number of nitrogens with two attached hydrogens (primary N) is 1. The van der Waals surface area contributed by atoms with Gasteiger partial charge in [-0.15, -0.1) is 0 Å². The van der Waals surface area contributed by atoms with E-state index in [0.29, 0.717) is 0 Å². The predicted molar refractivity (Wildman–Crippen MR) is 52.6 cm³/mol. The molecule has 0 spiro atoms. The first kappa shape index (κ1) is 7.95. The molecule has 0 aliphatic rings. The van der Waals surface area contributed by atoms with Crippen molar-refractivity contribution in [3.05, 3.63) is 23.8 Å². The lowest BCUT2D eigenvalue weighted by Crippen LogP contribution is -2.01. The van der Waals surface area contributed by atoms with E-state index in [-0.39, 0.29) is 0 Å². The topological polar surface area (TPSA) is 39.2 Å². The standard InChI is InChI=1S/C9H11NOS/c10-3-4-12-6-7-5-8-1-2-9(7)11-8/h1-2,5H,3-4,6,10H2.